The zero-order valence-corrected chi connectivity index (χ0v) is 81.5. The second kappa shape index (κ2) is 52.6. The van der Waals surface area contributed by atoms with Crippen LogP contribution in [0.2, 0.25) is 5.02 Å². The average molecular weight is 1790 g/mol. The first-order valence-corrected chi connectivity index (χ1v) is 47.6. The normalized spacial score (nSPS) is 10.7. The van der Waals surface area contributed by atoms with E-state index in [1.807, 2.05) is 93.9 Å². The number of benzene rings is 9. The van der Waals surface area contributed by atoms with Gasteiger partial charge in [-0.2, -0.15) is 0 Å². The van der Waals surface area contributed by atoms with Gasteiger partial charge < -0.3 is 60.1 Å². The average Bonchev–Trinajstić information content (AvgIpc) is 1.66. The van der Waals surface area contributed by atoms with Crippen LogP contribution in [-0.2, 0) is 65.4 Å². The van der Waals surface area contributed by atoms with Crippen LogP contribution in [0.4, 0.5) is 32.8 Å². The Morgan fingerprint density at radius 3 is 0.985 bits per heavy atom. The highest BCUT2D eigenvalue weighted by Crippen LogP contribution is 2.30. The highest BCUT2D eigenvalue weighted by Gasteiger charge is 2.17. The lowest BCUT2D eigenvalue weighted by Crippen LogP contribution is -2.22. The number of nitrogens with zero attached hydrogens (tertiary/aromatic N) is 9. The van der Waals surface area contributed by atoms with Crippen LogP contribution in [0.3, 0.4) is 0 Å². The number of hydrogen-bond donors (Lipinski definition) is 7. The Kier molecular flexibility index (Phi) is 39.7. The van der Waals surface area contributed by atoms with Crippen molar-refractivity contribution < 1.29 is 4.39 Å². The lowest BCUT2D eigenvalue weighted by molar-refractivity contribution is 0.297. The van der Waals surface area contributed by atoms with Gasteiger partial charge in [-0.15, -0.1) is 0 Å². The maximum absolute atomic E-state index is 12.9. The highest BCUT2D eigenvalue weighted by molar-refractivity contribution is 6.30. The Morgan fingerprint density at radius 1 is 0.323 bits per heavy atom. The van der Waals surface area contributed by atoms with Crippen molar-refractivity contribution in [2.75, 3.05) is 113 Å². The zero-order chi connectivity index (χ0) is 94.2. The van der Waals surface area contributed by atoms with E-state index < -0.39 is 0 Å². The third-order valence-corrected chi connectivity index (χ3v) is 23.9. The van der Waals surface area contributed by atoms with Gasteiger partial charge in [-0.3, -0.25) is 19.7 Å². The molecule has 7 N–H and O–H groups in total. The summed E-state index contributed by atoms with van der Waals surface area (Å²) in [6.45, 7) is 46.8. The molecule has 0 radical (unpaired) electrons. The molecule has 6 aromatic heterocycles. The van der Waals surface area contributed by atoms with E-state index in [1.54, 1.807) is 12.1 Å². The molecule has 0 atom stereocenters. The second-order valence-corrected chi connectivity index (χ2v) is 32.8. The Bertz CT molecular complexity index is 6390. The predicted octanol–water partition coefficient (Wildman–Crippen LogP) is 23.4. The minimum atomic E-state index is -0.235. The largest absolute Gasteiger partial charge is 0.374 e. The van der Waals surface area contributed by atoms with Crippen molar-refractivity contribution in [3.8, 4) is 59.2 Å². The fourth-order valence-electron chi connectivity index (χ4n) is 16.4. The van der Waals surface area contributed by atoms with Crippen molar-refractivity contribution >= 4 is 94.6 Å². The topological polar surface area (TPSA) is 131 Å². The molecule has 0 saturated heterocycles. The third kappa shape index (κ3) is 28.6. The summed E-state index contributed by atoms with van der Waals surface area (Å²) in [6.07, 6.45) is 1.82. The van der Waals surface area contributed by atoms with Crippen LogP contribution >= 0.6 is 11.6 Å². The van der Waals surface area contributed by atoms with Crippen LogP contribution in [0.1, 0.15) is 144 Å². The molecule has 0 unspecified atom stereocenters. The third-order valence-electron chi connectivity index (χ3n) is 23.6. The predicted molar refractivity (Wildman–Crippen MR) is 565 cm³/mol. The molecular weight excluding hydrogens is 1660 g/mol. The van der Waals surface area contributed by atoms with Gasteiger partial charge in [0.15, 0.2) is 0 Å². The van der Waals surface area contributed by atoms with Crippen molar-refractivity contribution in [3.05, 3.63) is 321 Å². The van der Waals surface area contributed by atoms with E-state index in [9.17, 15) is 4.39 Å². The van der Waals surface area contributed by atoms with Crippen LogP contribution in [0.5, 0.6) is 0 Å². The molecule has 0 aliphatic heterocycles. The molecule has 15 aromatic rings. The van der Waals surface area contributed by atoms with Crippen molar-refractivity contribution in [1.29, 1.82) is 0 Å². The molecule has 6 heterocycles. The number of anilines is 5. The van der Waals surface area contributed by atoms with E-state index in [0.29, 0.717) is 32.7 Å². The summed E-state index contributed by atoms with van der Waals surface area (Å²) in [5.41, 5.74) is 25.7. The molecule has 0 aliphatic rings. The number of hydrogen-bond acceptors (Lipinski definition) is 11. The molecule has 0 fully saturated rings. The van der Waals surface area contributed by atoms with Crippen LogP contribution in [0.25, 0.3) is 54.5 Å². The van der Waals surface area contributed by atoms with Gasteiger partial charge in [0.05, 0.1) is 61.2 Å². The standard InChI is InChI=1S/C25H31N3.C24H28ClN3.C24H30N4.C21H22FN3.C21H23N3/c1-5-27(6-2)19-21-10-8-12-25-24(21)18-23(28(25)7-3)11-9-17-26-22-15-13-20(4)14-16-22;1-4-27(5-2)18-19-9-7-11-24-23(19)17-22(28(24)6-3)10-8-16-26-21-14-12-20(25)13-15-21;1-5-27(6-2)18-20-10-8-12-24-23(20)17-22(28(24)7-3)11-9-14-26-21-13-15-25-19(4)16-21;1-3-25-20(5-4-12-24-19-9-7-18(22)8-10-19)14-17-13-16(15-23-2)6-11-21(17)25;1-3-24-20(10-7-13-23-19-8-5-4-6-9-19)15-18-14-17(16-22-2)11-12-21(18)24/h8,10,12-16,18,26H,5-7,17,19H2,1-4H3;7,9,11-15,17,26H,4-6,16,18H2,1-3H3;8,10,12-13,15-17H,5-7,14,18H2,1-4H3,(H,25,26);6-11,13-14,23-24H,3,12,15H2,1-2H3;4-6,8-9,11-12,14-15,22-23H,3,13,16H2,1-2H3. The van der Waals surface area contributed by atoms with E-state index in [2.05, 4.69) is 368 Å². The maximum Gasteiger partial charge on any atom is 0.123 e. The van der Waals surface area contributed by atoms with Crippen LogP contribution in [0.15, 0.2) is 243 Å². The van der Waals surface area contributed by atoms with Gasteiger partial charge in [-0.25, -0.2) is 4.39 Å². The molecule has 15 rings (SSSR count). The first-order chi connectivity index (χ1) is 65.0. The molecule has 688 valence electrons. The Labute approximate surface area is 795 Å². The molecular formula is C115H134ClFN16. The van der Waals surface area contributed by atoms with Gasteiger partial charge in [0.25, 0.3) is 0 Å². The quantitative estimate of drug-likeness (QED) is 0.0210. The molecule has 0 aliphatic carbocycles. The Balaban J connectivity index is 0.000000160. The number of rotatable bonds is 31. The lowest BCUT2D eigenvalue weighted by Gasteiger charge is -2.18. The summed E-state index contributed by atoms with van der Waals surface area (Å²) in [4.78, 5) is 11.6. The molecule has 133 heavy (non-hydrogen) atoms. The zero-order valence-electron chi connectivity index (χ0n) is 80.7. The SMILES string of the molecule is CCN(CC)Cc1cccc2c1cc(C#CCNc1ccc(C)cc1)n2CC.CCN(CC)Cc1cccc2c1cc(C#CCNc1ccc(Cl)cc1)n2CC.CCN(CC)Cc1cccc2c1cc(C#CCNc1ccnc(C)c1)n2CC.CCn1c(C#CCNc2ccc(F)cc2)cc2cc(CNC)ccc21.CCn1c(C#CCNc2ccccc2)cc2cc(CNC)ccc21. The summed E-state index contributed by atoms with van der Waals surface area (Å²) in [7, 11) is 3.92. The Morgan fingerprint density at radius 2 is 0.647 bits per heavy atom. The number of halogens is 2. The van der Waals surface area contributed by atoms with E-state index in [0.717, 1.165) is 172 Å². The van der Waals surface area contributed by atoms with Crippen LogP contribution < -0.4 is 37.2 Å². The highest BCUT2D eigenvalue weighted by atomic mass is 35.5. The number of aromatic nitrogens is 6. The summed E-state index contributed by atoms with van der Waals surface area (Å²) in [5.74, 6) is 32.6. The molecule has 18 heteroatoms. The van der Waals surface area contributed by atoms with Gasteiger partial charge >= 0.3 is 0 Å². The minimum Gasteiger partial charge on any atom is -0.374 e. The van der Waals surface area contributed by atoms with Gasteiger partial charge in [-0.05, 0) is 317 Å². The smallest absolute Gasteiger partial charge is 0.123 e. The minimum absolute atomic E-state index is 0.235. The summed E-state index contributed by atoms with van der Waals surface area (Å²) >= 11 is 5.93. The first kappa shape index (κ1) is 100. The Hall–Kier alpha value is -13.4. The van der Waals surface area contributed by atoms with E-state index in [4.69, 9.17) is 11.6 Å². The number of fused-ring (bicyclic) bond motifs is 5. The number of pyridine rings is 1. The molecule has 0 saturated carbocycles. The summed E-state index contributed by atoms with van der Waals surface area (Å²) in [6, 6.07) is 80.6. The van der Waals surface area contributed by atoms with Crippen molar-refractivity contribution in [2.24, 2.45) is 0 Å². The molecule has 0 bridgehead atoms. The molecule has 9 aromatic carbocycles. The fraction of sp³-hybridized carbons (Fsp3) is 0.313. The molecule has 16 nitrogen and oxygen atoms in total. The summed E-state index contributed by atoms with van der Waals surface area (Å²) < 4.78 is 24.3. The maximum atomic E-state index is 12.9. The van der Waals surface area contributed by atoms with Crippen molar-refractivity contribution in [2.45, 2.75) is 155 Å². The van der Waals surface area contributed by atoms with Crippen molar-refractivity contribution in [3.63, 3.8) is 0 Å². The molecule has 0 spiro atoms. The second-order valence-electron chi connectivity index (χ2n) is 32.4. The number of aryl methyl sites for hydroxylation is 7. The van der Waals surface area contributed by atoms with Gasteiger partial charge in [0, 0.05) is 165 Å². The van der Waals surface area contributed by atoms with Gasteiger partial charge in [0.2, 0.25) is 0 Å². The summed E-state index contributed by atoms with van der Waals surface area (Å²) in [5, 5.41) is 30.1. The first-order valence-electron chi connectivity index (χ1n) is 47.2. The number of para-hydroxylation sites is 1. The van der Waals surface area contributed by atoms with Crippen LogP contribution in [0, 0.1) is 78.9 Å². The van der Waals surface area contributed by atoms with Crippen LogP contribution in [-0.4, -0.2) is 129 Å². The fourth-order valence-corrected chi connectivity index (χ4v) is 16.6. The number of nitrogens with one attached hydrogen (secondary N) is 7. The van der Waals surface area contributed by atoms with E-state index in [1.165, 1.54) is 100 Å². The van der Waals surface area contributed by atoms with E-state index >= 15 is 0 Å². The molecule has 0 amide bonds. The monoisotopic (exact) mass is 1790 g/mol. The van der Waals surface area contributed by atoms with E-state index in [-0.39, 0.29) is 5.82 Å². The van der Waals surface area contributed by atoms with Gasteiger partial charge in [0.1, 0.15) is 5.82 Å². The lowest BCUT2D eigenvalue weighted by atomic mass is 10.1. The van der Waals surface area contributed by atoms with Crippen molar-refractivity contribution in [1.82, 2.24) is 53.2 Å². The van der Waals surface area contributed by atoms with Gasteiger partial charge in [-0.1, -0.05) is 167 Å².